The van der Waals surface area contributed by atoms with Crippen molar-refractivity contribution in [3.05, 3.63) is 52.3 Å². The van der Waals surface area contributed by atoms with Crippen LogP contribution >= 0.6 is 35.0 Å². The fourth-order valence-electron chi connectivity index (χ4n) is 2.10. The van der Waals surface area contributed by atoms with E-state index >= 15 is 0 Å². The van der Waals surface area contributed by atoms with Crippen molar-refractivity contribution in [1.29, 1.82) is 0 Å². The largest absolute Gasteiger partial charge is 0.306 e. The van der Waals surface area contributed by atoms with Crippen LogP contribution in [0.1, 0.15) is 10.4 Å². The molecule has 1 aliphatic rings. The summed E-state index contributed by atoms with van der Waals surface area (Å²) in [5.74, 6) is 0.714. The third kappa shape index (κ3) is 2.51. The van der Waals surface area contributed by atoms with E-state index in [0.717, 1.165) is 16.3 Å². The smallest absolute Gasteiger partial charge is 0.260 e. The van der Waals surface area contributed by atoms with E-state index in [-0.39, 0.29) is 11.1 Å². The number of pyridine rings is 1. The normalized spacial score (nSPS) is 14.0. The Balaban J connectivity index is 2.02. The molecule has 20 heavy (non-hydrogen) atoms. The Kier molecular flexibility index (Phi) is 3.87. The molecule has 0 saturated carbocycles. The minimum atomic E-state index is -0.146. The highest BCUT2D eigenvalue weighted by atomic mass is 35.5. The van der Waals surface area contributed by atoms with Crippen LogP contribution in [0.2, 0.25) is 10.2 Å². The first-order chi connectivity index (χ1) is 9.66. The lowest BCUT2D eigenvalue weighted by Gasteiger charge is -2.29. The maximum Gasteiger partial charge on any atom is 0.260 e. The number of benzene rings is 1. The first kappa shape index (κ1) is 13.7. The van der Waals surface area contributed by atoms with Gasteiger partial charge >= 0.3 is 0 Å². The second-order valence-corrected chi connectivity index (χ2v) is 6.19. The van der Waals surface area contributed by atoms with Crippen LogP contribution < -0.4 is 4.90 Å². The molecular formula is C14H10Cl2N2OS. The van der Waals surface area contributed by atoms with Crippen LogP contribution in [0.15, 0.2) is 41.4 Å². The van der Waals surface area contributed by atoms with Gasteiger partial charge in [-0.3, -0.25) is 4.79 Å². The maximum atomic E-state index is 12.7. The summed E-state index contributed by atoms with van der Waals surface area (Å²) in [5, 5.41) is 0.576. The van der Waals surface area contributed by atoms with Gasteiger partial charge in [0.1, 0.15) is 5.15 Å². The van der Waals surface area contributed by atoms with Gasteiger partial charge in [0.2, 0.25) is 0 Å². The van der Waals surface area contributed by atoms with Gasteiger partial charge < -0.3 is 4.90 Å². The van der Waals surface area contributed by atoms with Crippen LogP contribution in [0, 0.1) is 0 Å². The number of carbonyl (C=O) groups excluding carboxylic acids is 1. The van der Waals surface area contributed by atoms with E-state index < -0.39 is 0 Å². The van der Waals surface area contributed by atoms with Crippen LogP contribution in [0.25, 0.3) is 0 Å². The Morgan fingerprint density at radius 3 is 2.95 bits per heavy atom. The Morgan fingerprint density at radius 1 is 1.30 bits per heavy atom. The number of aromatic nitrogens is 1. The zero-order valence-electron chi connectivity index (χ0n) is 10.3. The standard InChI is InChI=1S/C14H10Cl2N2OS/c15-10-8-17-13(16)7-9(10)14(19)18-5-6-20-12-4-2-1-3-11(12)18/h1-4,7-8H,5-6H2. The second-order valence-electron chi connectivity index (χ2n) is 4.26. The molecule has 0 aliphatic carbocycles. The van der Waals surface area contributed by atoms with Gasteiger partial charge in [0.15, 0.2) is 0 Å². The number of para-hydroxylation sites is 1. The SMILES string of the molecule is O=C(c1cc(Cl)ncc1Cl)N1CCSc2ccccc21. The van der Waals surface area contributed by atoms with Crippen molar-refractivity contribution in [2.24, 2.45) is 0 Å². The van der Waals surface area contributed by atoms with Crippen LogP contribution in [-0.2, 0) is 0 Å². The number of halogens is 2. The fraction of sp³-hybridized carbons (Fsp3) is 0.143. The summed E-state index contributed by atoms with van der Waals surface area (Å²) in [6.45, 7) is 0.650. The van der Waals surface area contributed by atoms with Crippen molar-refractivity contribution < 1.29 is 4.79 Å². The first-order valence-electron chi connectivity index (χ1n) is 6.01. The lowest BCUT2D eigenvalue weighted by Crippen LogP contribution is -2.35. The maximum absolute atomic E-state index is 12.7. The van der Waals surface area contributed by atoms with E-state index in [0.29, 0.717) is 17.1 Å². The van der Waals surface area contributed by atoms with Crippen molar-refractivity contribution in [2.45, 2.75) is 4.90 Å². The van der Waals surface area contributed by atoms with Gasteiger partial charge in [0, 0.05) is 23.4 Å². The first-order valence-corrected chi connectivity index (χ1v) is 7.76. The lowest BCUT2D eigenvalue weighted by molar-refractivity contribution is 0.0987. The molecule has 2 aromatic rings. The van der Waals surface area contributed by atoms with Crippen LogP contribution in [0.5, 0.6) is 0 Å². The van der Waals surface area contributed by atoms with Crippen molar-refractivity contribution in [2.75, 3.05) is 17.2 Å². The molecule has 2 heterocycles. The minimum absolute atomic E-state index is 0.146. The van der Waals surface area contributed by atoms with Crippen molar-refractivity contribution in [3.63, 3.8) is 0 Å². The zero-order chi connectivity index (χ0) is 14.1. The van der Waals surface area contributed by atoms with Crippen molar-refractivity contribution >= 4 is 46.6 Å². The summed E-state index contributed by atoms with van der Waals surface area (Å²) in [6, 6.07) is 9.36. The van der Waals surface area contributed by atoms with Gasteiger partial charge in [-0.2, -0.15) is 0 Å². The summed E-state index contributed by atoms with van der Waals surface area (Å²) in [6.07, 6.45) is 1.40. The number of amides is 1. The molecule has 1 amide bonds. The molecule has 1 aromatic carbocycles. The number of nitrogens with zero attached hydrogens (tertiary/aromatic N) is 2. The van der Waals surface area contributed by atoms with Crippen LogP contribution in [-0.4, -0.2) is 23.2 Å². The van der Waals surface area contributed by atoms with Gasteiger partial charge in [-0.25, -0.2) is 4.98 Å². The Hall–Kier alpha value is -1.23. The van der Waals surface area contributed by atoms with E-state index in [4.69, 9.17) is 23.2 Å². The average Bonchev–Trinajstić information content (AvgIpc) is 2.48. The van der Waals surface area contributed by atoms with Gasteiger partial charge in [0.05, 0.1) is 16.3 Å². The molecule has 0 spiro atoms. The molecule has 0 atom stereocenters. The van der Waals surface area contributed by atoms with Gasteiger partial charge in [0.25, 0.3) is 5.91 Å². The average molecular weight is 325 g/mol. The summed E-state index contributed by atoms with van der Waals surface area (Å²) < 4.78 is 0. The predicted octanol–water partition coefficient (Wildman–Crippen LogP) is 4.14. The molecule has 1 aliphatic heterocycles. The number of thioether (sulfide) groups is 1. The Bertz CT molecular complexity index is 678. The lowest BCUT2D eigenvalue weighted by atomic mass is 10.2. The van der Waals surface area contributed by atoms with Crippen molar-refractivity contribution in [3.8, 4) is 0 Å². The molecule has 0 N–H and O–H groups in total. The predicted molar refractivity (Wildman–Crippen MR) is 83.1 cm³/mol. The fourth-order valence-corrected chi connectivity index (χ4v) is 3.44. The molecule has 102 valence electrons. The molecule has 0 saturated heterocycles. The van der Waals surface area contributed by atoms with Crippen LogP contribution in [0.3, 0.4) is 0 Å². The molecule has 3 nitrogen and oxygen atoms in total. The molecule has 0 bridgehead atoms. The zero-order valence-corrected chi connectivity index (χ0v) is 12.7. The van der Waals surface area contributed by atoms with E-state index in [9.17, 15) is 4.79 Å². The van der Waals surface area contributed by atoms with Gasteiger partial charge in [-0.1, -0.05) is 35.3 Å². The van der Waals surface area contributed by atoms with Crippen molar-refractivity contribution in [1.82, 2.24) is 4.98 Å². The topological polar surface area (TPSA) is 33.2 Å². The molecule has 0 unspecified atom stereocenters. The highest BCUT2D eigenvalue weighted by Crippen LogP contribution is 2.35. The highest BCUT2D eigenvalue weighted by Gasteiger charge is 2.25. The molecule has 1 aromatic heterocycles. The number of anilines is 1. The van der Waals surface area contributed by atoms with E-state index in [2.05, 4.69) is 4.98 Å². The Morgan fingerprint density at radius 2 is 2.10 bits per heavy atom. The number of hydrogen-bond acceptors (Lipinski definition) is 3. The second kappa shape index (κ2) is 5.64. The Labute approximate surface area is 130 Å². The molecule has 0 fully saturated rings. The van der Waals surface area contributed by atoms with E-state index in [1.807, 2.05) is 24.3 Å². The van der Waals surface area contributed by atoms with E-state index in [1.54, 1.807) is 16.7 Å². The number of carbonyl (C=O) groups is 1. The molecule has 6 heteroatoms. The number of hydrogen-bond donors (Lipinski definition) is 0. The minimum Gasteiger partial charge on any atom is -0.306 e. The highest BCUT2D eigenvalue weighted by molar-refractivity contribution is 7.99. The van der Waals surface area contributed by atoms with Crippen LogP contribution in [0.4, 0.5) is 5.69 Å². The molecule has 3 rings (SSSR count). The summed E-state index contributed by atoms with van der Waals surface area (Å²) in [4.78, 5) is 19.4. The molecular weight excluding hydrogens is 315 g/mol. The number of rotatable bonds is 1. The summed E-state index contributed by atoms with van der Waals surface area (Å²) in [5.41, 5.74) is 1.30. The third-order valence-electron chi connectivity index (χ3n) is 3.03. The molecule has 0 radical (unpaired) electrons. The monoisotopic (exact) mass is 324 g/mol. The quantitative estimate of drug-likeness (QED) is 0.739. The van der Waals surface area contributed by atoms with Gasteiger partial charge in [-0.05, 0) is 18.2 Å². The third-order valence-corrected chi connectivity index (χ3v) is 4.58. The van der Waals surface area contributed by atoms with Gasteiger partial charge in [-0.15, -0.1) is 11.8 Å². The number of fused-ring (bicyclic) bond motifs is 1. The summed E-state index contributed by atoms with van der Waals surface area (Å²) in [7, 11) is 0. The van der Waals surface area contributed by atoms with E-state index in [1.165, 1.54) is 12.3 Å². The summed E-state index contributed by atoms with van der Waals surface area (Å²) >= 11 is 13.7.